The van der Waals surface area contributed by atoms with Gasteiger partial charge in [-0.3, -0.25) is 4.79 Å². The van der Waals surface area contributed by atoms with Crippen molar-refractivity contribution in [1.82, 2.24) is 4.98 Å². The second-order valence-electron chi connectivity index (χ2n) is 7.59. The van der Waals surface area contributed by atoms with Gasteiger partial charge in [0.2, 0.25) is 0 Å². The van der Waals surface area contributed by atoms with Gasteiger partial charge >= 0.3 is 5.97 Å². The molecule has 1 N–H and O–H groups in total. The molecule has 0 saturated carbocycles. The molecule has 0 aliphatic heterocycles. The first-order chi connectivity index (χ1) is 14.2. The van der Waals surface area contributed by atoms with Crippen LogP contribution in [0.3, 0.4) is 0 Å². The number of rotatable bonds is 9. The Hall–Kier alpha value is -2.51. The van der Waals surface area contributed by atoms with Crippen LogP contribution in [0.1, 0.15) is 19.5 Å². The maximum absolute atomic E-state index is 11.3. The zero-order valence-corrected chi connectivity index (χ0v) is 19.2. The van der Waals surface area contributed by atoms with Gasteiger partial charge < -0.3 is 14.7 Å². The summed E-state index contributed by atoms with van der Waals surface area (Å²) in [5.41, 5.74) is 4.41. The van der Waals surface area contributed by atoms with Gasteiger partial charge in [-0.1, -0.05) is 36.0 Å². The van der Waals surface area contributed by atoms with Crippen molar-refractivity contribution in [1.29, 1.82) is 0 Å². The maximum atomic E-state index is 11.3. The molecule has 0 bridgehead atoms. The largest absolute Gasteiger partial charge is 0.493 e. The highest BCUT2D eigenvalue weighted by atomic mass is 32.2. The number of ether oxygens (including phenoxy) is 1. The van der Waals surface area contributed by atoms with Crippen LogP contribution < -0.4 is 9.64 Å². The minimum Gasteiger partial charge on any atom is -0.493 e. The molecule has 0 aliphatic carbocycles. The van der Waals surface area contributed by atoms with E-state index in [4.69, 9.17) is 4.74 Å². The molecule has 0 spiro atoms. The van der Waals surface area contributed by atoms with Crippen molar-refractivity contribution in [3.8, 4) is 16.9 Å². The molecule has 0 aliphatic rings. The quantitative estimate of drug-likeness (QED) is 0.445. The molecule has 0 atom stereocenters. The number of carboxylic acid groups (broad SMARTS) is 1. The summed E-state index contributed by atoms with van der Waals surface area (Å²) >= 11 is 2.74. The third-order valence-corrected chi connectivity index (χ3v) is 6.76. The number of hydrogen-bond donors (Lipinski definition) is 1. The van der Waals surface area contributed by atoms with Crippen LogP contribution in [-0.2, 0) is 11.2 Å². The lowest BCUT2D eigenvalue weighted by Crippen LogP contribution is -2.26. The minimum atomic E-state index is -0.889. The van der Waals surface area contributed by atoms with Crippen molar-refractivity contribution < 1.29 is 14.6 Å². The van der Waals surface area contributed by atoms with Gasteiger partial charge in [0.15, 0.2) is 4.34 Å². The summed E-state index contributed by atoms with van der Waals surface area (Å²) in [6.07, 6.45) is 0.679. The average Bonchev–Trinajstić information content (AvgIpc) is 3.15. The third kappa shape index (κ3) is 5.77. The summed E-state index contributed by atoms with van der Waals surface area (Å²) in [5, 5.41) is 11.2. The molecule has 0 fully saturated rings. The van der Waals surface area contributed by atoms with Gasteiger partial charge in [-0.2, -0.15) is 0 Å². The normalized spacial score (nSPS) is 11.3. The summed E-state index contributed by atoms with van der Waals surface area (Å²) in [6.45, 7) is 3.89. The van der Waals surface area contributed by atoms with E-state index in [0.29, 0.717) is 13.0 Å². The average molecular weight is 443 g/mol. The molecule has 5 nitrogen and oxygen atoms in total. The van der Waals surface area contributed by atoms with E-state index in [1.165, 1.54) is 34.3 Å². The number of aliphatic carboxylic acids is 1. The number of aromatic nitrogens is 1. The van der Waals surface area contributed by atoms with E-state index >= 15 is 0 Å². The molecule has 3 rings (SSSR count). The SMILES string of the molecule is CN(C)c1ccc(-c2ccc(OCCc3csc(SC(C)(C)C(=O)O)n3)cc2)cc1. The number of thiazole rings is 1. The predicted octanol–water partition coefficient (Wildman–Crippen LogP) is 5.45. The van der Waals surface area contributed by atoms with E-state index in [9.17, 15) is 9.90 Å². The van der Waals surface area contributed by atoms with Gasteiger partial charge in [-0.25, -0.2) is 4.98 Å². The van der Waals surface area contributed by atoms with Crippen molar-refractivity contribution in [2.45, 2.75) is 29.4 Å². The highest BCUT2D eigenvalue weighted by Gasteiger charge is 2.29. The second-order valence-corrected chi connectivity index (χ2v) is 10.3. The van der Waals surface area contributed by atoms with E-state index in [1.54, 1.807) is 13.8 Å². The predicted molar refractivity (Wildman–Crippen MR) is 125 cm³/mol. The molecule has 7 heteroatoms. The second kappa shape index (κ2) is 9.53. The number of carboxylic acids is 1. The van der Waals surface area contributed by atoms with Crippen LogP contribution in [0.15, 0.2) is 58.3 Å². The fourth-order valence-electron chi connectivity index (χ4n) is 2.68. The number of nitrogens with zero attached hydrogens (tertiary/aromatic N) is 2. The van der Waals surface area contributed by atoms with Crippen molar-refractivity contribution in [3.05, 3.63) is 59.6 Å². The summed E-state index contributed by atoms with van der Waals surface area (Å²) in [7, 11) is 4.06. The molecule has 1 heterocycles. The van der Waals surface area contributed by atoms with Gasteiger partial charge in [0.1, 0.15) is 10.5 Å². The molecule has 0 unspecified atom stereocenters. The monoisotopic (exact) mass is 442 g/mol. The first kappa shape index (κ1) is 22.2. The Kier molecular flexibility index (Phi) is 7.05. The number of benzene rings is 2. The molecule has 1 aromatic heterocycles. The molecular weight excluding hydrogens is 416 g/mol. The third-order valence-electron chi connectivity index (χ3n) is 4.59. The molecule has 0 radical (unpaired) electrons. The summed E-state index contributed by atoms with van der Waals surface area (Å²) < 4.78 is 5.73. The van der Waals surface area contributed by atoms with Gasteiger partial charge in [0, 0.05) is 31.6 Å². The first-order valence-corrected chi connectivity index (χ1v) is 11.3. The highest BCUT2D eigenvalue weighted by molar-refractivity contribution is 8.02. The minimum absolute atomic E-state index is 0.521. The zero-order valence-electron chi connectivity index (χ0n) is 17.6. The lowest BCUT2D eigenvalue weighted by atomic mass is 10.1. The topological polar surface area (TPSA) is 62.7 Å². The smallest absolute Gasteiger partial charge is 0.319 e. The van der Waals surface area contributed by atoms with Crippen LogP contribution in [0, 0.1) is 0 Å². The van der Waals surface area contributed by atoms with Crippen LogP contribution in [0.4, 0.5) is 5.69 Å². The Labute approximate surface area is 185 Å². The summed E-state index contributed by atoms with van der Waals surface area (Å²) in [5.74, 6) is -0.0230. The number of carbonyl (C=O) groups is 1. The van der Waals surface area contributed by atoms with Gasteiger partial charge in [-0.15, -0.1) is 11.3 Å². The Morgan fingerprint density at radius 3 is 2.27 bits per heavy atom. The van der Waals surface area contributed by atoms with Crippen LogP contribution in [0.5, 0.6) is 5.75 Å². The Morgan fingerprint density at radius 2 is 1.70 bits per heavy atom. The van der Waals surface area contributed by atoms with Crippen LogP contribution in [0.2, 0.25) is 0 Å². The number of thioether (sulfide) groups is 1. The van der Waals surface area contributed by atoms with Crippen LogP contribution >= 0.6 is 23.1 Å². The molecule has 3 aromatic rings. The van der Waals surface area contributed by atoms with E-state index < -0.39 is 10.7 Å². The van der Waals surface area contributed by atoms with E-state index in [-0.39, 0.29) is 0 Å². The summed E-state index contributed by atoms with van der Waals surface area (Å²) in [6, 6.07) is 16.5. The fourth-order valence-corrected chi connectivity index (χ4v) is 4.91. The molecule has 158 valence electrons. The number of anilines is 1. The molecule has 30 heavy (non-hydrogen) atoms. The molecule has 0 amide bonds. The number of hydrogen-bond acceptors (Lipinski definition) is 6. The van der Waals surface area contributed by atoms with Crippen molar-refractivity contribution in [2.75, 3.05) is 25.6 Å². The highest BCUT2D eigenvalue weighted by Crippen LogP contribution is 2.34. The van der Waals surface area contributed by atoms with Gasteiger partial charge in [0.25, 0.3) is 0 Å². The Balaban J connectivity index is 1.52. The van der Waals surface area contributed by atoms with Crippen molar-refractivity contribution in [2.24, 2.45) is 0 Å². The van der Waals surface area contributed by atoms with E-state index in [1.807, 2.05) is 31.6 Å². The fraction of sp³-hybridized carbons (Fsp3) is 0.304. The molecule has 0 saturated heterocycles. The van der Waals surface area contributed by atoms with Crippen LogP contribution in [-0.4, -0.2) is 41.5 Å². The van der Waals surface area contributed by atoms with E-state index in [0.717, 1.165) is 21.3 Å². The molecular formula is C23H26N2O3S2. The summed E-state index contributed by atoms with van der Waals surface area (Å²) in [4.78, 5) is 17.8. The Bertz CT molecular complexity index is 980. The van der Waals surface area contributed by atoms with Crippen molar-refractivity contribution >= 4 is 34.8 Å². The van der Waals surface area contributed by atoms with E-state index in [2.05, 4.69) is 46.3 Å². The molecule has 2 aromatic carbocycles. The zero-order chi connectivity index (χ0) is 21.7. The van der Waals surface area contributed by atoms with Crippen molar-refractivity contribution in [3.63, 3.8) is 0 Å². The lowest BCUT2D eigenvalue weighted by molar-refractivity contribution is -0.138. The van der Waals surface area contributed by atoms with Crippen LogP contribution in [0.25, 0.3) is 11.1 Å². The Morgan fingerprint density at radius 1 is 1.10 bits per heavy atom. The first-order valence-electron chi connectivity index (χ1n) is 9.62. The maximum Gasteiger partial charge on any atom is 0.319 e. The van der Waals surface area contributed by atoms with Gasteiger partial charge in [0.05, 0.1) is 12.3 Å². The lowest BCUT2D eigenvalue weighted by Gasteiger charge is -2.15. The standard InChI is InChI=1S/C23H26N2O3S2/c1-23(2,21(26)27)30-22-24-18(15-29-22)13-14-28-20-11-7-17(8-12-20)16-5-9-19(10-6-16)25(3)4/h5-12,15H,13-14H2,1-4H3,(H,26,27). The van der Waals surface area contributed by atoms with Gasteiger partial charge in [-0.05, 0) is 49.2 Å².